The summed E-state index contributed by atoms with van der Waals surface area (Å²) in [5.41, 5.74) is 0.624. The summed E-state index contributed by atoms with van der Waals surface area (Å²) in [7, 11) is -3.52. The van der Waals surface area contributed by atoms with Gasteiger partial charge in [-0.15, -0.1) is 0 Å². The molecule has 1 aromatic rings. The minimum atomic E-state index is -3.52. The second-order valence-corrected chi connectivity index (χ2v) is 5.80. The number of hydrogen-bond acceptors (Lipinski definition) is 5. The van der Waals surface area contributed by atoms with Crippen LogP contribution in [0.5, 0.6) is 0 Å². The van der Waals surface area contributed by atoms with Gasteiger partial charge in [-0.3, -0.25) is 9.36 Å². The van der Waals surface area contributed by atoms with Crippen LogP contribution in [-0.2, 0) is 23.1 Å². The van der Waals surface area contributed by atoms with Gasteiger partial charge in [0.25, 0.3) is 0 Å². The van der Waals surface area contributed by atoms with Crippen molar-refractivity contribution in [3.05, 3.63) is 42.2 Å². The zero-order valence-corrected chi connectivity index (χ0v) is 12.8. The lowest BCUT2D eigenvalue weighted by molar-refractivity contribution is -0.135. The van der Waals surface area contributed by atoms with E-state index in [4.69, 9.17) is 13.8 Å². The van der Waals surface area contributed by atoms with Crippen molar-refractivity contribution in [2.45, 2.75) is 20.8 Å². The van der Waals surface area contributed by atoms with Gasteiger partial charge in [0, 0.05) is 6.92 Å². The fourth-order valence-corrected chi connectivity index (χ4v) is 3.23. The standard InChI is InChI=1S/C14H19O5P/c1-4-18-20(16,19-5-2)14(11-17-12(3)15)13-9-7-6-8-10-13/h6-11H,4-5H2,1-3H3/b14-11+. The third-order valence-electron chi connectivity index (χ3n) is 2.30. The van der Waals surface area contributed by atoms with Crippen molar-refractivity contribution in [1.82, 2.24) is 0 Å². The van der Waals surface area contributed by atoms with E-state index in [1.54, 1.807) is 38.1 Å². The summed E-state index contributed by atoms with van der Waals surface area (Å²) in [6.07, 6.45) is 1.14. The molecule has 0 aromatic heterocycles. The van der Waals surface area contributed by atoms with E-state index in [9.17, 15) is 9.36 Å². The predicted octanol–water partition coefficient (Wildman–Crippen LogP) is 3.81. The zero-order chi connectivity index (χ0) is 15.0. The van der Waals surface area contributed by atoms with Gasteiger partial charge in [-0.05, 0) is 19.4 Å². The Bertz CT molecular complexity index is 500. The van der Waals surface area contributed by atoms with Crippen molar-refractivity contribution in [2.24, 2.45) is 0 Å². The van der Waals surface area contributed by atoms with Gasteiger partial charge < -0.3 is 13.8 Å². The van der Waals surface area contributed by atoms with Gasteiger partial charge in [-0.1, -0.05) is 30.3 Å². The van der Waals surface area contributed by atoms with Crippen molar-refractivity contribution in [1.29, 1.82) is 0 Å². The molecule has 5 nitrogen and oxygen atoms in total. The number of carbonyl (C=O) groups is 1. The van der Waals surface area contributed by atoms with Gasteiger partial charge in [0.05, 0.1) is 13.2 Å². The topological polar surface area (TPSA) is 61.8 Å². The first-order valence-electron chi connectivity index (χ1n) is 6.36. The first kappa shape index (κ1) is 16.6. The maximum absolute atomic E-state index is 12.8. The molecule has 0 heterocycles. The summed E-state index contributed by atoms with van der Waals surface area (Å²) < 4.78 is 28.3. The van der Waals surface area contributed by atoms with Crippen LogP contribution in [0.4, 0.5) is 0 Å². The number of rotatable bonds is 7. The summed E-state index contributed by atoms with van der Waals surface area (Å²) in [6, 6.07) is 8.91. The van der Waals surface area contributed by atoms with Crippen molar-refractivity contribution in [2.75, 3.05) is 13.2 Å². The Kier molecular flexibility index (Phi) is 6.65. The molecule has 0 bridgehead atoms. The maximum atomic E-state index is 12.8. The summed E-state index contributed by atoms with van der Waals surface area (Å²) >= 11 is 0. The van der Waals surface area contributed by atoms with Crippen molar-refractivity contribution < 1.29 is 23.1 Å². The number of esters is 1. The van der Waals surface area contributed by atoms with E-state index in [0.717, 1.165) is 6.26 Å². The molecule has 6 heteroatoms. The van der Waals surface area contributed by atoms with Crippen LogP contribution in [0.3, 0.4) is 0 Å². The van der Waals surface area contributed by atoms with Crippen LogP contribution in [0.2, 0.25) is 0 Å². The highest BCUT2D eigenvalue weighted by molar-refractivity contribution is 7.65. The van der Waals surface area contributed by atoms with Gasteiger partial charge in [0.15, 0.2) is 0 Å². The molecule has 0 fully saturated rings. The molecule has 0 radical (unpaired) electrons. The van der Waals surface area contributed by atoms with Gasteiger partial charge in [0.2, 0.25) is 0 Å². The van der Waals surface area contributed by atoms with Crippen LogP contribution < -0.4 is 0 Å². The number of carbonyl (C=O) groups excluding carboxylic acids is 1. The first-order valence-corrected chi connectivity index (χ1v) is 7.90. The number of benzene rings is 1. The Morgan fingerprint density at radius 3 is 2.15 bits per heavy atom. The fraction of sp³-hybridized carbons (Fsp3) is 0.357. The van der Waals surface area contributed by atoms with E-state index in [0.29, 0.717) is 5.56 Å². The molecule has 1 rings (SSSR count). The minimum Gasteiger partial charge on any atom is -0.434 e. The third kappa shape index (κ3) is 4.60. The molecule has 0 amide bonds. The van der Waals surface area contributed by atoms with Gasteiger partial charge in [0.1, 0.15) is 11.6 Å². The smallest absolute Gasteiger partial charge is 0.365 e. The van der Waals surface area contributed by atoms with Crippen molar-refractivity contribution in [3.63, 3.8) is 0 Å². The summed E-state index contributed by atoms with van der Waals surface area (Å²) in [5, 5.41) is 0.233. The van der Waals surface area contributed by atoms with Gasteiger partial charge in [-0.2, -0.15) is 0 Å². The molecule has 0 N–H and O–H groups in total. The van der Waals surface area contributed by atoms with E-state index >= 15 is 0 Å². The lowest BCUT2D eigenvalue weighted by Gasteiger charge is -2.19. The van der Waals surface area contributed by atoms with E-state index in [2.05, 4.69) is 0 Å². The Hall–Kier alpha value is -1.42. The minimum absolute atomic E-state index is 0.224. The van der Waals surface area contributed by atoms with Crippen LogP contribution in [0.15, 0.2) is 36.6 Å². The van der Waals surface area contributed by atoms with Crippen LogP contribution in [0.1, 0.15) is 26.3 Å². The lowest BCUT2D eigenvalue weighted by Crippen LogP contribution is -2.01. The van der Waals surface area contributed by atoms with Crippen LogP contribution in [0.25, 0.3) is 5.31 Å². The average Bonchev–Trinajstić information content (AvgIpc) is 2.40. The molecule has 0 saturated carbocycles. The molecule has 110 valence electrons. The molecule has 0 aliphatic carbocycles. The summed E-state index contributed by atoms with van der Waals surface area (Å²) in [6.45, 7) is 5.16. The van der Waals surface area contributed by atoms with E-state index in [1.807, 2.05) is 6.07 Å². The van der Waals surface area contributed by atoms with Crippen LogP contribution >= 0.6 is 7.60 Å². The fourth-order valence-electron chi connectivity index (χ4n) is 1.55. The summed E-state index contributed by atoms with van der Waals surface area (Å²) in [4.78, 5) is 11.0. The molecule has 0 atom stereocenters. The molecular formula is C14H19O5P. The number of ether oxygens (including phenoxy) is 1. The summed E-state index contributed by atoms with van der Waals surface area (Å²) in [5.74, 6) is -0.502. The van der Waals surface area contributed by atoms with Crippen LogP contribution in [0, 0.1) is 0 Å². The molecule has 20 heavy (non-hydrogen) atoms. The predicted molar refractivity (Wildman–Crippen MR) is 77.0 cm³/mol. The second kappa shape index (κ2) is 8.00. The zero-order valence-electron chi connectivity index (χ0n) is 11.9. The Balaban J connectivity index is 3.25. The molecular weight excluding hydrogens is 279 g/mol. The monoisotopic (exact) mass is 298 g/mol. The van der Waals surface area contributed by atoms with E-state index in [-0.39, 0.29) is 18.5 Å². The Labute approximate surface area is 119 Å². The SMILES string of the molecule is CCOP(=O)(OCC)/C(=C/OC(C)=O)c1ccccc1. The Morgan fingerprint density at radius 2 is 1.70 bits per heavy atom. The Morgan fingerprint density at radius 1 is 1.15 bits per heavy atom. The molecule has 0 spiro atoms. The first-order chi connectivity index (χ1) is 9.53. The second-order valence-electron chi connectivity index (χ2n) is 3.81. The highest BCUT2D eigenvalue weighted by atomic mass is 31.2. The molecule has 0 aliphatic rings. The van der Waals surface area contributed by atoms with Crippen LogP contribution in [-0.4, -0.2) is 19.2 Å². The van der Waals surface area contributed by atoms with E-state index in [1.165, 1.54) is 6.92 Å². The largest absolute Gasteiger partial charge is 0.434 e. The highest BCUT2D eigenvalue weighted by Gasteiger charge is 2.31. The third-order valence-corrected chi connectivity index (χ3v) is 4.45. The van der Waals surface area contributed by atoms with Gasteiger partial charge >= 0.3 is 13.6 Å². The molecule has 1 aromatic carbocycles. The average molecular weight is 298 g/mol. The molecule has 0 unspecified atom stereocenters. The van der Waals surface area contributed by atoms with Gasteiger partial charge in [-0.25, -0.2) is 0 Å². The van der Waals surface area contributed by atoms with Crippen molar-refractivity contribution in [3.8, 4) is 0 Å². The lowest BCUT2D eigenvalue weighted by atomic mass is 10.2. The highest BCUT2D eigenvalue weighted by Crippen LogP contribution is 2.60. The normalized spacial score (nSPS) is 12.2. The maximum Gasteiger partial charge on any atom is 0.365 e. The molecule has 0 saturated heterocycles. The number of hydrogen-bond donors (Lipinski definition) is 0. The van der Waals surface area contributed by atoms with Crippen molar-refractivity contribution >= 4 is 18.9 Å². The quantitative estimate of drug-likeness (QED) is 0.435. The molecule has 0 aliphatic heterocycles. The van der Waals surface area contributed by atoms with E-state index < -0.39 is 13.6 Å².